The highest BCUT2D eigenvalue weighted by Gasteiger charge is 2.44. The van der Waals surface area contributed by atoms with Gasteiger partial charge in [0.2, 0.25) is 6.29 Å². The molecule has 10 heteroatoms. The maximum atomic E-state index is 12.0. The summed E-state index contributed by atoms with van der Waals surface area (Å²) in [5.41, 5.74) is 0.695. The minimum Gasteiger partial charge on any atom is -0.508 e. The Balaban J connectivity index is 1.62. The lowest BCUT2D eigenvalue weighted by molar-refractivity contribution is -0.277. The van der Waals surface area contributed by atoms with E-state index in [2.05, 4.69) is 0 Å². The highest BCUT2D eigenvalue weighted by Crippen LogP contribution is 2.31. The fraction of sp³-hybridized carbons (Fsp3) is 0.350. The Bertz CT molecular complexity index is 866. The molecule has 10 nitrogen and oxygen atoms in total. The van der Waals surface area contributed by atoms with E-state index in [0.29, 0.717) is 5.56 Å². The van der Waals surface area contributed by atoms with Crippen LogP contribution in [0.25, 0.3) is 0 Å². The van der Waals surface area contributed by atoms with E-state index in [-0.39, 0.29) is 29.4 Å². The minimum absolute atomic E-state index is 0.0199. The van der Waals surface area contributed by atoms with E-state index in [0.717, 1.165) is 0 Å². The summed E-state index contributed by atoms with van der Waals surface area (Å²) in [6.45, 7) is -0.754. The Morgan fingerprint density at radius 1 is 0.967 bits per heavy atom. The number of esters is 1. The summed E-state index contributed by atoms with van der Waals surface area (Å²) in [5, 5.41) is 58.2. The first-order chi connectivity index (χ1) is 14.3. The van der Waals surface area contributed by atoms with E-state index >= 15 is 0 Å². The Morgan fingerprint density at radius 3 is 2.30 bits per heavy atom. The molecule has 1 saturated heterocycles. The largest absolute Gasteiger partial charge is 0.508 e. The van der Waals surface area contributed by atoms with Crippen molar-refractivity contribution in [1.29, 1.82) is 0 Å². The lowest BCUT2D eigenvalue weighted by atomic mass is 9.99. The van der Waals surface area contributed by atoms with Gasteiger partial charge in [0.25, 0.3) is 0 Å². The number of aromatic hydroxyl groups is 2. The lowest BCUT2D eigenvalue weighted by Gasteiger charge is -2.39. The van der Waals surface area contributed by atoms with Crippen LogP contribution >= 0.6 is 0 Å². The van der Waals surface area contributed by atoms with Crippen LogP contribution in [0.4, 0.5) is 0 Å². The molecule has 0 saturated carbocycles. The number of carbonyl (C=O) groups is 1. The number of hydrogen-bond donors (Lipinski definition) is 6. The average Bonchev–Trinajstić information content (AvgIpc) is 2.74. The van der Waals surface area contributed by atoms with Crippen molar-refractivity contribution in [3.63, 3.8) is 0 Å². The van der Waals surface area contributed by atoms with Crippen LogP contribution in [0.5, 0.6) is 17.2 Å². The zero-order valence-corrected chi connectivity index (χ0v) is 15.7. The van der Waals surface area contributed by atoms with Gasteiger partial charge in [0.1, 0.15) is 36.8 Å². The highest BCUT2D eigenvalue weighted by atomic mass is 16.7. The molecule has 0 aromatic heterocycles. The molecule has 0 spiro atoms. The van der Waals surface area contributed by atoms with E-state index in [1.807, 2.05) is 0 Å². The summed E-state index contributed by atoms with van der Waals surface area (Å²) in [7, 11) is 0. The number of carbonyl (C=O) groups excluding carboxylic acids is 1. The monoisotopic (exact) mass is 422 g/mol. The molecule has 1 fully saturated rings. The number of phenolic OH excluding ortho intramolecular Hbond substituents is 2. The summed E-state index contributed by atoms with van der Waals surface area (Å²) in [5.74, 6) is -1.03. The van der Waals surface area contributed by atoms with E-state index in [1.54, 1.807) is 0 Å². The Kier molecular flexibility index (Phi) is 6.75. The van der Waals surface area contributed by atoms with Gasteiger partial charge in [-0.2, -0.15) is 0 Å². The normalized spacial score (nSPS) is 26.2. The second-order valence-corrected chi connectivity index (χ2v) is 6.74. The minimum atomic E-state index is -1.62. The molecule has 5 atom stereocenters. The molecular weight excluding hydrogens is 400 g/mol. The van der Waals surface area contributed by atoms with E-state index < -0.39 is 43.3 Å². The Morgan fingerprint density at radius 2 is 1.67 bits per heavy atom. The van der Waals surface area contributed by atoms with Crippen LogP contribution < -0.4 is 4.74 Å². The van der Waals surface area contributed by atoms with Crippen LogP contribution in [0.3, 0.4) is 0 Å². The number of rotatable bonds is 6. The number of phenols is 2. The van der Waals surface area contributed by atoms with Gasteiger partial charge in [0.05, 0.1) is 12.2 Å². The molecule has 162 valence electrons. The molecule has 3 rings (SSSR count). The van der Waals surface area contributed by atoms with Gasteiger partial charge in [0.15, 0.2) is 11.5 Å². The van der Waals surface area contributed by atoms with Crippen molar-refractivity contribution in [3.8, 4) is 17.2 Å². The van der Waals surface area contributed by atoms with Crippen LogP contribution in [0, 0.1) is 0 Å². The number of benzene rings is 2. The zero-order valence-electron chi connectivity index (χ0n) is 15.7. The van der Waals surface area contributed by atoms with Gasteiger partial charge in [-0.25, -0.2) is 4.79 Å². The fourth-order valence-corrected chi connectivity index (χ4v) is 2.87. The molecule has 1 aliphatic rings. The third kappa shape index (κ3) is 4.81. The van der Waals surface area contributed by atoms with Gasteiger partial charge in [0, 0.05) is 0 Å². The average molecular weight is 422 g/mol. The van der Waals surface area contributed by atoms with Crippen molar-refractivity contribution in [2.24, 2.45) is 0 Å². The molecule has 2 aromatic rings. The molecule has 0 radical (unpaired) electrons. The summed E-state index contributed by atoms with van der Waals surface area (Å²) in [4.78, 5) is 12.0. The van der Waals surface area contributed by atoms with Crippen LogP contribution in [0.15, 0.2) is 42.5 Å². The number of aliphatic hydroxyl groups is 4. The first kappa shape index (κ1) is 21.8. The summed E-state index contributed by atoms with van der Waals surface area (Å²) >= 11 is 0. The molecule has 6 N–H and O–H groups in total. The topological polar surface area (TPSA) is 166 Å². The van der Waals surface area contributed by atoms with Crippen LogP contribution in [-0.2, 0) is 16.1 Å². The van der Waals surface area contributed by atoms with Gasteiger partial charge in [-0.15, -0.1) is 0 Å². The van der Waals surface area contributed by atoms with Crippen LogP contribution in [0.1, 0.15) is 15.9 Å². The quantitative estimate of drug-likeness (QED) is 0.338. The molecule has 2 aromatic carbocycles. The first-order valence-electron chi connectivity index (χ1n) is 9.05. The van der Waals surface area contributed by atoms with Crippen LogP contribution in [-0.4, -0.2) is 73.9 Å². The molecule has 0 amide bonds. The van der Waals surface area contributed by atoms with Gasteiger partial charge < -0.3 is 44.8 Å². The second-order valence-electron chi connectivity index (χ2n) is 6.74. The third-order valence-corrected chi connectivity index (χ3v) is 4.59. The second kappa shape index (κ2) is 9.28. The number of hydrogen-bond acceptors (Lipinski definition) is 10. The molecule has 30 heavy (non-hydrogen) atoms. The van der Waals surface area contributed by atoms with Crippen molar-refractivity contribution < 1.29 is 49.6 Å². The Labute approximate surface area is 171 Å². The lowest BCUT2D eigenvalue weighted by Crippen LogP contribution is -2.60. The van der Waals surface area contributed by atoms with E-state index in [9.17, 15) is 35.4 Å². The summed E-state index contributed by atoms with van der Waals surface area (Å²) < 4.78 is 15.7. The molecule has 0 bridgehead atoms. The number of ether oxygens (including phenoxy) is 3. The SMILES string of the molecule is O=C(OCc1ccc(O[C@H]2O[C@@H](CO)[C@H](O)[C@@H](O)[C@H]2O)c(O)c1)c1ccc(O)cc1. The van der Waals surface area contributed by atoms with Gasteiger partial charge in [-0.3, -0.25) is 0 Å². The van der Waals surface area contributed by atoms with Gasteiger partial charge >= 0.3 is 5.97 Å². The van der Waals surface area contributed by atoms with E-state index in [4.69, 9.17) is 14.2 Å². The summed E-state index contributed by atoms with van der Waals surface area (Å²) in [6.07, 6.45) is -7.34. The molecule has 1 aliphatic heterocycles. The van der Waals surface area contributed by atoms with Crippen molar-refractivity contribution >= 4 is 5.97 Å². The smallest absolute Gasteiger partial charge is 0.338 e. The van der Waals surface area contributed by atoms with E-state index in [1.165, 1.54) is 42.5 Å². The van der Waals surface area contributed by atoms with Gasteiger partial charge in [-0.05, 0) is 42.0 Å². The molecule has 1 heterocycles. The van der Waals surface area contributed by atoms with Crippen LogP contribution in [0.2, 0.25) is 0 Å². The maximum absolute atomic E-state index is 12.0. The zero-order chi connectivity index (χ0) is 21.8. The van der Waals surface area contributed by atoms with Gasteiger partial charge in [-0.1, -0.05) is 6.07 Å². The molecular formula is C20H22O10. The van der Waals surface area contributed by atoms with Crippen molar-refractivity contribution in [3.05, 3.63) is 53.6 Å². The number of aliphatic hydroxyl groups excluding tert-OH is 4. The van der Waals surface area contributed by atoms with Crippen molar-refractivity contribution in [2.75, 3.05) is 6.61 Å². The third-order valence-electron chi connectivity index (χ3n) is 4.59. The maximum Gasteiger partial charge on any atom is 0.338 e. The molecule has 0 aliphatic carbocycles. The predicted octanol–water partition coefficient (Wildman–Crippen LogP) is -0.367. The first-order valence-corrected chi connectivity index (χ1v) is 9.05. The molecule has 0 unspecified atom stereocenters. The Hall–Kier alpha value is -2.89. The van der Waals surface area contributed by atoms with Crippen molar-refractivity contribution in [2.45, 2.75) is 37.3 Å². The fourth-order valence-electron chi connectivity index (χ4n) is 2.87. The highest BCUT2D eigenvalue weighted by molar-refractivity contribution is 5.89. The predicted molar refractivity (Wildman–Crippen MR) is 99.7 cm³/mol. The summed E-state index contributed by atoms with van der Waals surface area (Å²) in [6, 6.07) is 9.66. The standard InChI is InChI=1S/C20H22O10/c21-8-15-16(24)17(25)18(26)20(30-15)29-14-6-1-10(7-13(14)23)9-28-19(27)11-2-4-12(22)5-3-11/h1-7,15-18,20-26H,8-9H2/t15-,16-,17+,18+,20-/m0/s1. The van der Waals surface area contributed by atoms with Crippen molar-refractivity contribution in [1.82, 2.24) is 0 Å².